The summed E-state index contributed by atoms with van der Waals surface area (Å²) in [6.45, 7) is 8.88. The molecule has 2 aliphatic rings. The molecular formula is C25H31N3O3. The van der Waals surface area contributed by atoms with E-state index in [0.29, 0.717) is 19.6 Å². The molecule has 0 radical (unpaired) electrons. The molecule has 0 N–H and O–H groups in total. The van der Waals surface area contributed by atoms with E-state index in [1.807, 2.05) is 36.1 Å². The van der Waals surface area contributed by atoms with E-state index in [-0.39, 0.29) is 36.8 Å². The van der Waals surface area contributed by atoms with Crippen LogP contribution in [0.25, 0.3) is 0 Å². The van der Waals surface area contributed by atoms with Crippen molar-refractivity contribution in [2.24, 2.45) is 0 Å². The Hall–Kier alpha value is -3.02. The first kappa shape index (κ1) is 21.2. The molecule has 2 amide bonds. The van der Waals surface area contributed by atoms with Gasteiger partial charge in [-0.1, -0.05) is 24.3 Å². The van der Waals surface area contributed by atoms with Crippen LogP contribution < -0.4 is 14.5 Å². The number of nitrogens with zero attached hydrogens (tertiary/aromatic N) is 3. The van der Waals surface area contributed by atoms with Crippen LogP contribution in [0.2, 0.25) is 0 Å². The van der Waals surface area contributed by atoms with Gasteiger partial charge in [0.2, 0.25) is 11.8 Å². The van der Waals surface area contributed by atoms with Gasteiger partial charge in [-0.05, 0) is 50.6 Å². The monoisotopic (exact) mass is 421 g/mol. The van der Waals surface area contributed by atoms with E-state index in [9.17, 15) is 9.59 Å². The van der Waals surface area contributed by atoms with E-state index in [2.05, 4.69) is 43.0 Å². The molecule has 0 spiro atoms. The van der Waals surface area contributed by atoms with Crippen molar-refractivity contribution in [1.82, 2.24) is 4.90 Å². The quantitative estimate of drug-likeness (QED) is 0.757. The van der Waals surface area contributed by atoms with Crippen LogP contribution in [0.4, 0.5) is 11.4 Å². The van der Waals surface area contributed by atoms with Crippen LogP contribution in [-0.4, -0.2) is 55.0 Å². The van der Waals surface area contributed by atoms with Crippen molar-refractivity contribution >= 4 is 23.2 Å². The number of anilines is 2. The molecule has 0 saturated carbocycles. The highest BCUT2D eigenvalue weighted by Gasteiger charge is 2.30. The molecule has 6 nitrogen and oxygen atoms in total. The highest BCUT2D eigenvalue weighted by Crippen LogP contribution is 2.33. The van der Waals surface area contributed by atoms with Crippen molar-refractivity contribution < 1.29 is 14.3 Å². The number of aryl methyl sites for hydroxylation is 1. The normalized spacial score (nSPS) is 20.8. The van der Waals surface area contributed by atoms with Gasteiger partial charge in [0.05, 0.1) is 12.2 Å². The summed E-state index contributed by atoms with van der Waals surface area (Å²) in [5.74, 6) is 0.753. The fourth-order valence-corrected chi connectivity index (χ4v) is 4.51. The molecule has 1 fully saturated rings. The predicted octanol–water partition coefficient (Wildman–Crippen LogP) is 3.63. The zero-order valence-electron chi connectivity index (χ0n) is 18.6. The summed E-state index contributed by atoms with van der Waals surface area (Å²) in [4.78, 5) is 31.8. The molecule has 2 atom stereocenters. The number of fused-ring (bicyclic) bond motifs is 1. The van der Waals surface area contributed by atoms with Crippen LogP contribution >= 0.6 is 0 Å². The van der Waals surface area contributed by atoms with Crippen LogP contribution in [0, 0.1) is 6.92 Å². The maximum Gasteiger partial charge on any atom is 0.227 e. The van der Waals surface area contributed by atoms with Crippen molar-refractivity contribution in [1.29, 1.82) is 0 Å². The minimum atomic E-state index is -0.0647. The topological polar surface area (TPSA) is 53.1 Å². The molecule has 4 rings (SSSR count). The van der Waals surface area contributed by atoms with E-state index < -0.39 is 0 Å². The van der Waals surface area contributed by atoms with Crippen LogP contribution in [0.1, 0.15) is 32.3 Å². The van der Waals surface area contributed by atoms with E-state index in [4.69, 9.17) is 4.74 Å². The molecular weight excluding hydrogens is 390 g/mol. The van der Waals surface area contributed by atoms with Gasteiger partial charge in [-0.3, -0.25) is 9.59 Å². The van der Waals surface area contributed by atoms with Crippen LogP contribution in [0.5, 0.6) is 5.75 Å². The predicted molar refractivity (Wildman–Crippen MR) is 123 cm³/mol. The Labute approximate surface area is 184 Å². The highest BCUT2D eigenvalue weighted by molar-refractivity contribution is 5.97. The lowest BCUT2D eigenvalue weighted by atomic mass is 10.1. The number of carbonyl (C=O) groups is 2. The van der Waals surface area contributed by atoms with Gasteiger partial charge in [-0.25, -0.2) is 0 Å². The zero-order valence-corrected chi connectivity index (χ0v) is 18.6. The number of carbonyl (C=O) groups excluding carboxylic acids is 2. The minimum absolute atomic E-state index is 0.0256. The summed E-state index contributed by atoms with van der Waals surface area (Å²) in [5.41, 5.74) is 3.23. The minimum Gasteiger partial charge on any atom is -0.487 e. The second-order valence-corrected chi connectivity index (χ2v) is 8.62. The van der Waals surface area contributed by atoms with Gasteiger partial charge >= 0.3 is 0 Å². The van der Waals surface area contributed by atoms with Gasteiger partial charge in [0, 0.05) is 44.2 Å². The summed E-state index contributed by atoms with van der Waals surface area (Å²) in [5, 5.41) is 0. The summed E-state index contributed by atoms with van der Waals surface area (Å²) >= 11 is 0. The maximum atomic E-state index is 12.9. The lowest BCUT2D eigenvalue weighted by molar-refractivity contribution is -0.133. The van der Waals surface area contributed by atoms with Gasteiger partial charge in [0.15, 0.2) is 0 Å². The molecule has 6 heteroatoms. The van der Waals surface area contributed by atoms with Gasteiger partial charge in [0.25, 0.3) is 0 Å². The number of benzene rings is 2. The van der Waals surface area contributed by atoms with E-state index in [1.54, 1.807) is 4.90 Å². The molecule has 0 aliphatic carbocycles. The summed E-state index contributed by atoms with van der Waals surface area (Å²) in [6, 6.07) is 16.3. The molecule has 0 unspecified atom stereocenters. The van der Waals surface area contributed by atoms with E-state index >= 15 is 0 Å². The zero-order chi connectivity index (χ0) is 22.0. The number of hydrogen-bond donors (Lipinski definition) is 0. The van der Waals surface area contributed by atoms with Gasteiger partial charge in [-0.15, -0.1) is 0 Å². The molecule has 2 aliphatic heterocycles. The molecule has 2 heterocycles. The smallest absolute Gasteiger partial charge is 0.227 e. The molecule has 0 aromatic heterocycles. The lowest BCUT2D eigenvalue weighted by Crippen LogP contribution is -2.54. The third-order valence-corrected chi connectivity index (χ3v) is 6.09. The van der Waals surface area contributed by atoms with Crippen LogP contribution in [0.3, 0.4) is 0 Å². The van der Waals surface area contributed by atoms with E-state index in [1.165, 1.54) is 11.3 Å². The van der Waals surface area contributed by atoms with Crippen molar-refractivity contribution in [2.45, 2.75) is 45.8 Å². The van der Waals surface area contributed by atoms with Crippen molar-refractivity contribution in [3.05, 3.63) is 54.1 Å². The largest absolute Gasteiger partial charge is 0.487 e. The Balaban J connectivity index is 1.33. The fraction of sp³-hybridized carbons (Fsp3) is 0.440. The van der Waals surface area contributed by atoms with Crippen LogP contribution in [0.15, 0.2) is 48.5 Å². The Bertz CT molecular complexity index is 961. The van der Waals surface area contributed by atoms with Crippen molar-refractivity contribution in [3.8, 4) is 5.75 Å². The SMILES string of the molecule is Cc1cccc(N2CCN(C(=O)CCC(=O)N3C[C@@H](C)Oc4ccccc43)C[C@H]2C)c1. The number of amides is 2. The Morgan fingerprint density at radius 2 is 1.74 bits per heavy atom. The molecule has 0 bridgehead atoms. The lowest BCUT2D eigenvalue weighted by Gasteiger charge is -2.41. The van der Waals surface area contributed by atoms with Crippen molar-refractivity contribution in [2.75, 3.05) is 36.0 Å². The fourth-order valence-electron chi connectivity index (χ4n) is 4.51. The average molecular weight is 422 g/mol. The number of para-hydroxylation sites is 2. The molecule has 31 heavy (non-hydrogen) atoms. The van der Waals surface area contributed by atoms with Crippen LogP contribution in [-0.2, 0) is 9.59 Å². The number of ether oxygens (including phenoxy) is 1. The molecule has 2 aromatic rings. The first-order chi connectivity index (χ1) is 14.9. The Kier molecular flexibility index (Phi) is 6.16. The summed E-state index contributed by atoms with van der Waals surface area (Å²) in [7, 11) is 0. The standard InChI is InChI=1S/C25H31N3O3/c1-18-7-6-8-21(15-18)27-14-13-26(16-19(27)2)24(29)11-12-25(30)28-17-20(3)31-23-10-5-4-9-22(23)28/h4-10,15,19-20H,11-14,16-17H2,1-3H3/t19-,20-/m1/s1. The molecule has 1 saturated heterocycles. The molecule has 164 valence electrons. The Morgan fingerprint density at radius 3 is 2.52 bits per heavy atom. The summed E-state index contributed by atoms with van der Waals surface area (Å²) < 4.78 is 5.82. The third-order valence-electron chi connectivity index (χ3n) is 6.09. The third kappa shape index (κ3) is 4.68. The maximum absolute atomic E-state index is 12.9. The first-order valence-corrected chi connectivity index (χ1v) is 11.1. The summed E-state index contributed by atoms with van der Waals surface area (Å²) in [6.07, 6.45) is 0.390. The van der Waals surface area contributed by atoms with Crippen molar-refractivity contribution in [3.63, 3.8) is 0 Å². The average Bonchev–Trinajstić information content (AvgIpc) is 2.76. The Morgan fingerprint density at radius 1 is 0.968 bits per heavy atom. The van der Waals surface area contributed by atoms with E-state index in [0.717, 1.165) is 18.0 Å². The number of rotatable bonds is 4. The van der Waals surface area contributed by atoms with Gasteiger partial charge in [-0.2, -0.15) is 0 Å². The van der Waals surface area contributed by atoms with Gasteiger partial charge < -0.3 is 19.4 Å². The second-order valence-electron chi connectivity index (χ2n) is 8.62. The first-order valence-electron chi connectivity index (χ1n) is 11.1. The number of hydrogen-bond acceptors (Lipinski definition) is 4. The van der Waals surface area contributed by atoms with Gasteiger partial charge in [0.1, 0.15) is 11.9 Å². The second kappa shape index (κ2) is 9.00. The number of piperazine rings is 1. The molecule has 2 aromatic carbocycles. The highest BCUT2D eigenvalue weighted by atomic mass is 16.5.